The van der Waals surface area contributed by atoms with E-state index in [9.17, 15) is 18.0 Å². The van der Waals surface area contributed by atoms with Gasteiger partial charge in [0.2, 0.25) is 5.95 Å². The van der Waals surface area contributed by atoms with Gasteiger partial charge in [0.25, 0.3) is 11.8 Å². The average Bonchev–Trinajstić information content (AvgIpc) is 2.86. The van der Waals surface area contributed by atoms with Crippen molar-refractivity contribution in [3.8, 4) is 11.1 Å². The molecule has 192 valence electrons. The summed E-state index contributed by atoms with van der Waals surface area (Å²) in [6.07, 6.45) is 3.01. The highest BCUT2D eigenvalue weighted by molar-refractivity contribution is 6.31. The number of alkyl halides is 2. The molecule has 3 aromatic rings. The van der Waals surface area contributed by atoms with Crippen molar-refractivity contribution in [1.82, 2.24) is 9.97 Å². The Balaban J connectivity index is 1.63. The topological polar surface area (TPSA) is 58.1 Å². The lowest BCUT2D eigenvalue weighted by Crippen LogP contribution is -2.47. The first-order valence-corrected chi connectivity index (χ1v) is 12.1. The maximum atomic E-state index is 14.4. The minimum Gasteiger partial charge on any atom is -0.340 e. The average molecular weight is 527 g/mol. The normalized spacial score (nSPS) is 16.8. The lowest BCUT2D eigenvalue weighted by molar-refractivity contribution is -0.0710. The van der Waals surface area contributed by atoms with Gasteiger partial charge in [-0.05, 0) is 42.2 Å². The van der Waals surface area contributed by atoms with E-state index in [0.717, 1.165) is 11.6 Å². The Morgan fingerprint density at radius 3 is 2.62 bits per heavy atom. The van der Waals surface area contributed by atoms with Crippen molar-refractivity contribution in [2.45, 2.75) is 25.7 Å². The molecular formula is C28H26ClF3N4O. The van der Waals surface area contributed by atoms with E-state index in [2.05, 4.69) is 28.4 Å². The molecule has 1 amide bonds. The fourth-order valence-corrected chi connectivity index (χ4v) is 4.49. The van der Waals surface area contributed by atoms with Crippen molar-refractivity contribution in [1.29, 1.82) is 0 Å². The van der Waals surface area contributed by atoms with Crippen LogP contribution in [0.1, 0.15) is 34.5 Å². The fraction of sp³-hybridized carbons (Fsp3) is 0.250. The number of halogens is 4. The third-order valence-electron chi connectivity index (χ3n) is 6.33. The molecule has 1 aliphatic rings. The number of nitrogens with zero attached hydrogens (tertiary/aromatic N) is 3. The van der Waals surface area contributed by atoms with Crippen LogP contribution in [0.2, 0.25) is 5.02 Å². The molecular weight excluding hydrogens is 501 g/mol. The molecule has 2 aromatic carbocycles. The Kier molecular flexibility index (Phi) is 7.68. The van der Waals surface area contributed by atoms with Crippen molar-refractivity contribution < 1.29 is 18.0 Å². The van der Waals surface area contributed by atoms with Crippen LogP contribution in [-0.4, -0.2) is 34.9 Å². The SMILES string of the molecule is C=CCC1CN(c2nc(C)cc(NC(=O)c3cc(F)c(Cl)cc3-c3ccc(C=C)cc3)n2)CCC1(F)F. The van der Waals surface area contributed by atoms with Crippen LogP contribution in [0, 0.1) is 18.7 Å². The molecule has 9 heteroatoms. The van der Waals surface area contributed by atoms with Crippen LogP contribution in [0.4, 0.5) is 24.9 Å². The van der Waals surface area contributed by atoms with Crippen molar-refractivity contribution in [2.75, 3.05) is 23.3 Å². The number of anilines is 2. The molecule has 5 nitrogen and oxygen atoms in total. The second-order valence-electron chi connectivity index (χ2n) is 8.97. The zero-order valence-corrected chi connectivity index (χ0v) is 21.0. The Morgan fingerprint density at radius 2 is 1.95 bits per heavy atom. The van der Waals surface area contributed by atoms with Gasteiger partial charge in [-0.25, -0.2) is 18.2 Å². The van der Waals surface area contributed by atoms with Gasteiger partial charge in [0, 0.05) is 37.2 Å². The van der Waals surface area contributed by atoms with Gasteiger partial charge in [0.15, 0.2) is 0 Å². The smallest absolute Gasteiger partial charge is 0.257 e. The molecule has 1 N–H and O–H groups in total. The number of carbonyl (C=O) groups excluding carboxylic acids is 1. The lowest BCUT2D eigenvalue weighted by Gasteiger charge is -2.38. The van der Waals surface area contributed by atoms with Crippen LogP contribution in [0.25, 0.3) is 17.2 Å². The highest BCUT2D eigenvalue weighted by Gasteiger charge is 2.43. The number of allylic oxidation sites excluding steroid dienone is 1. The first-order chi connectivity index (χ1) is 17.6. The van der Waals surface area contributed by atoms with E-state index in [4.69, 9.17) is 11.6 Å². The van der Waals surface area contributed by atoms with E-state index < -0.39 is 23.6 Å². The first-order valence-electron chi connectivity index (χ1n) is 11.7. The predicted molar refractivity (Wildman–Crippen MR) is 142 cm³/mol. The van der Waals surface area contributed by atoms with Gasteiger partial charge in [-0.1, -0.05) is 54.6 Å². The summed E-state index contributed by atoms with van der Waals surface area (Å²) in [7, 11) is 0. The van der Waals surface area contributed by atoms with E-state index >= 15 is 0 Å². The molecule has 0 saturated carbocycles. The Labute approximate surface area is 218 Å². The van der Waals surface area contributed by atoms with E-state index in [1.807, 2.05) is 12.1 Å². The molecule has 1 unspecified atom stereocenters. The highest BCUT2D eigenvalue weighted by Crippen LogP contribution is 2.37. The molecule has 2 heterocycles. The monoisotopic (exact) mass is 526 g/mol. The summed E-state index contributed by atoms with van der Waals surface area (Å²) in [5, 5.41) is 2.59. The number of hydrogen-bond acceptors (Lipinski definition) is 4. The molecule has 1 aromatic heterocycles. The van der Waals surface area contributed by atoms with Crippen LogP contribution in [0.15, 0.2) is 61.7 Å². The van der Waals surface area contributed by atoms with Gasteiger partial charge in [-0.15, -0.1) is 6.58 Å². The van der Waals surface area contributed by atoms with Gasteiger partial charge < -0.3 is 10.2 Å². The predicted octanol–water partition coefficient (Wildman–Crippen LogP) is 7.18. The summed E-state index contributed by atoms with van der Waals surface area (Å²) >= 11 is 6.03. The first kappa shape index (κ1) is 26.4. The van der Waals surface area contributed by atoms with Crippen LogP contribution < -0.4 is 10.2 Å². The van der Waals surface area contributed by atoms with Crippen LogP contribution in [0.5, 0.6) is 0 Å². The van der Waals surface area contributed by atoms with E-state index in [-0.39, 0.29) is 48.3 Å². The van der Waals surface area contributed by atoms with E-state index in [1.165, 1.54) is 12.1 Å². The van der Waals surface area contributed by atoms with Gasteiger partial charge >= 0.3 is 0 Å². The van der Waals surface area contributed by atoms with Crippen molar-refractivity contribution in [2.24, 2.45) is 5.92 Å². The van der Waals surface area contributed by atoms with Crippen LogP contribution in [-0.2, 0) is 0 Å². The molecule has 37 heavy (non-hydrogen) atoms. The summed E-state index contributed by atoms with van der Waals surface area (Å²) in [5.74, 6) is -4.63. The summed E-state index contributed by atoms with van der Waals surface area (Å²) in [4.78, 5) is 23.8. The molecule has 0 spiro atoms. The molecule has 1 saturated heterocycles. The number of aryl methyl sites for hydroxylation is 1. The summed E-state index contributed by atoms with van der Waals surface area (Å²) in [6, 6.07) is 11.3. The van der Waals surface area contributed by atoms with Crippen molar-refractivity contribution >= 4 is 35.4 Å². The minimum atomic E-state index is -2.80. The molecule has 0 bridgehead atoms. The molecule has 0 radical (unpaired) electrons. The third kappa shape index (κ3) is 5.85. The summed E-state index contributed by atoms with van der Waals surface area (Å²) < 4.78 is 43.1. The van der Waals surface area contributed by atoms with Gasteiger partial charge in [0.05, 0.1) is 10.6 Å². The number of aromatic nitrogens is 2. The Bertz CT molecular complexity index is 1340. The van der Waals surface area contributed by atoms with Gasteiger partial charge in [-0.3, -0.25) is 4.79 Å². The Hall–Kier alpha value is -3.65. The number of hydrogen-bond donors (Lipinski definition) is 1. The highest BCUT2D eigenvalue weighted by atomic mass is 35.5. The Morgan fingerprint density at radius 1 is 1.22 bits per heavy atom. The van der Waals surface area contributed by atoms with Crippen LogP contribution in [0.3, 0.4) is 0 Å². The number of carbonyl (C=O) groups is 1. The minimum absolute atomic E-state index is 0.0586. The van der Waals surface area contributed by atoms with Gasteiger partial charge in [-0.2, -0.15) is 4.98 Å². The number of piperidine rings is 1. The van der Waals surface area contributed by atoms with E-state index in [1.54, 1.807) is 36.1 Å². The maximum Gasteiger partial charge on any atom is 0.257 e. The maximum absolute atomic E-state index is 14.4. The largest absolute Gasteiger partial charge is 0.340 e. The second kappa shape index (κ2) is 10.8. The third-order valence-corrected chi connectivity index (χ3v) is 6.62. The second-order valence-corrected chi connectivity index (χ2v) is 9.37. The summed E-state index contributed by atoms with van der Waals surface area (Å²) in [5.41, 5.74) is 2.60. The number of amides is 1. The summed E-state index contributed by atoms with van der Waals surface area (Å²) in [6.45, 7) is 9.17. The lowest BCUT2D eigenvalue weighted by atomic mass is 9.91. The fourth-order valence-electron chi connectivity index (χ4n) is 4.32. The van der Waals surface area contributed by atoms with E-state index in [0.29, 0.717) is 16.8 Å². The zero-order chi connectivity index (χ0) is 26.7. The standard InChI is InChI=1S/C28H26ClF3N4O/c1-4-6-20-16-36(12-11-28(20,31)32)27-33-17(3)13-25(35-27)34-26(37)22-15-24(30)23(29)14-21(22)19-9-7-18(5-2)8-10-19/h4-5,7-10,13-15,20H,1-2,6,11-12,16H2,3H3,(H,33,34,35,37). The van der Waals surface area contributed by atoms with Crippen molar-refractivity contribution in [3.05, 3.63) is 89.4 Å². The molecule has 1 aliphatic heterocycles. The number of rotatable bonds is 7. The van der Waals surface area contributed by atoms with Gasteiger partial charge in [0.1, 0.15) is 11.6 Å². The zero-order valence-electron chi connectivity index (χ0n) is 20.3. The molecule has 1 atom stereocenters. The molecule has 0 aliphatic carbocycles. The van der Waals surface area contributed by atoms with Crippen LogP contribution >= 0.6 is 11.6 Å². The van der Waals surface area contributed by atoms with Crippen molar-refractivity contribution in [3.63, 3.8) is 0 Å². The quantitative estimate of drug-likeness (QED) is 0.331. The molecule has 4 rings (SSSR count). The molecule has 1 fully saturated rings. The number of benzene rings is 2. The number of nitrogens with one attached hydrogen (secondary N) is 1.